The van der Waals surface area contributed by atoms with Gasteiger partial charge in [-0.2, -0.15) is 0 Å². The van der Waals surface area contributed by atoms with Crippen molar-refractivity contribution in [1.82, 2.24) is 4.57 Å². The molecule has 0 saturated heterocycles. The summed E-state index contributed by atoms with van der Waals surface area (Å²) in [7, 11) is 1.39. The molecule has 0 radical (unpaired) electrons. The number of ether oxygens (including phenoxy) is 1. The Morgan fingerprint density at radius 1 is 1.14 bits per heavy atom. The van der Waals surface area contributed by atoms with Crippen LogP contribution in [0.4, 0.5) is 0 Å². The fourth-order valence-electron chi connectivity index (χ4n) is 2.45. The van der Waals surface area contributed by atoms with Crippen LogP contribution in [0.1, 0.15) is 16.1 Å². The number of hydrogen-bond donors (Lipinski definition) is 0. The number of nitrogens with zero attached hydrogens (tertiary/aromatic N) is 1. The minimum Gasteiger partial charge on any atom is -0.464 e. The van der Waals surface area contributed by atoms with Crippen LogP contribution in [-0.2, 0) is 11.3 Å². The van der Waals surface area contributed by atoms with Gasteiger partial charge in [-0.05, 0) is 23.8 Å². The van der Waals surface area contributed by atoms with Crippen LogP contribution in [0.25, 0.3) is 10.9 Å². The van der Waals surface area contributed by atoms with Crippen molar-refractivity contribution in [1.29, 1.82) is 0 Å². The third kappa shape index (κ3) is 2.52. The van der Waals surface area contributed by atoms with Crippen molar-refractivity contribution in [3.63, 3.8) is 0 Å². The van der Waals surface area contributed by atoms with Crippen LogP contribution in [0, 0.1) is 0 Å². The van der Waals surface area contributed by atoms with Crippen LogP contribution < -0.4 is 0 Å². The van der Waals surface area contributed by atoms with E-state index in [9.17, 15) is 4.79 Å². The highest BCUT2D eigenvalue weighted by Crippen LogP contribution is 2.24. The first-order valence-corrected chi connectivity index (χ1v) is 6.98. The van der Waals surface area contributed by atoms with Gasteiger partial charge in [-0.1, -0.05) is 48.0 Å². The van der Waals surface area contributed by atoms with E-state index in [1.807, 2.05) is 59.2 Å². The smallest absolute Gasteiger partial charge is 0.354 e. The molecular formula is C17H14ClNO2. The van der Waals surface area contributed by atoms with Gasteiger partial charge >= 0.3 is 5.97 Å². The summed E-state index contributed by atoms with van der Waals surface area (Å²) >= 11 is 6.23. The maximum absolute atomic E-state index is 12.0. The van der Waals surface area contributed by atoms with Crippen molar-refractivity contribution >= 4 is 28.5 Å². The lowest BCUT2D eigenvalue weighted by Crippen LogP contribution is -2.11. The van der Waals surface area contributed by atoms with E-state index in [4.69, 9.17) is 16.3 Å². The Morgan fingerprint density at radius 3 is 2.62 bits per heavy atom. The van der Waals surface area contributed by atoms with Gasteiger partial charge in [0.05, 0.1) is 7.11 Å². The Hall–Kier alpha value is -2.26. The van der Waals surface area contributed by atoms with Gasteiger partial charge in [0.2, 0.25) is 0 Å². The number of carbonyl (C=O) groups is 1. The molecule has 2 aromatic carbocycles. The molecule has 4 heteroatoms. The zero-order valence-corrected chi connectivity index (χ0v) is 12.3. The minimum atomic E-state index is -0.349. The van der Waals surface area contributed by atoms with Crippen LogP contribution in [0.3, 0.4) is 0 Å². The molecule has 0 saturated carbocycles. The zero-order valence-electron chi connectivity index (χ0n) is 11.5. The lowest BCUT2D eigenvalue weighted by atomic mass is 10.2. The van der Waals surface area contributed by atoms with Crippen LogP contribution >= 0.6 is 11.6 Å². The summed E-state index contributed by atoms with van der Waals surface area (Å²) in [6.07, 6.45) is 0. The zero-order chi connectivity index (χ0) is 14.8. The van der Waals surface area contributed by atoms with Crippen LogP contribution in [0.5, 0.6) is 0 Å². The minimum absolute atomic E-state index is 0.349. The Balaban J connectivity index is 2.15. The first kappa shape index (κ1) is 13.7. The topological polar surface area (TPSA) is 31.2 Å². The highest BCUT2D eigenvalue weighted by molar-refractivity contribution is 6.31. The van der Waals surface area contributed by atoms with E-state index in [2.05, 4.69) is 0 Å². The molecule has 0 atom stereocenters. The number of para-hydroxylation sites is 1. The predicted octanol–water partition coefficient (Wildman–Crippen LogP) is 4.13. The molecule has 0 spiro atoms. The molecule has 106 valence electrons. The number of halogens is 1. The van der Waals surface area contributed by atoms with Crippen molar-refractivity contribution in [2.24, 2.45) is 0 Å². The molecule has 0 aliphatic carbocycles. The maximum atomic E-state index is 12.0. The Kier molecular flexibility index (Phi) is 3.67. The van der Waals surface area contributed by atoms with Crippen molar-refractivity contribution in [3.05, 3.63) is 70.9 Å². The van der Waals surface area contributed by atoms with Gasteiger partial charge in [-0.3, -0.25) is 0 Å². The summed E-state index contributed by atoms with van der Waals surface area (Å²) < 4.78 is 6.81. The molecular weight excluding hydrogens is 286 g/mol. The van der Waals surface area contributed by atoms with Crippen molar-refractivity contribution < 1.29 is 9.53 Å². The molecule has 3 nitrogen and oxygen atoms in total. The molecule has 1 heterocycles. The molecule has 0 amide bonds. The predicted molar refractivity (Wildman–Crippen MR) is 83.8 cm³/mol. The molecule has 21 heavy (non-hydrogen) atoms. The third-order valence-electron chi connectivity index (χ3n) is 3.49. The van der Waals surface area contributed by atoms with Crippen LogP contribution in [-0.4, -0.2) is 17.6 Å². The molecule has 3 aromatic rings. The molecule has 1 aromatic heterocycles. The first-order chi connectivity index (χ1) is 10.2. The second-order valence-electron chi connectivity index (χ2n) is 4.76. The molecule has 0 aliphatic heterocycles. The van der Waals surface area contributed by atoms with E-state index < -0.39 is 0 Å². The van der Waals surface area contributed by atoms with E-state index in [1.165, 1.54) is 7.11 Å². The van der Waals surface area contributed by atoms with Crippen molar-refractivity contribution in [2.75, 3.05) is 7.11 Å². The monoisotopic (exact) mass is 299 g/mol. The summed E-state index contributed by atoms with van der Waals surface area (Å²) in [4.78, 5) is 12.0. The lowest BCUT2D eigenvalue weighted by Gasteiger charge is -2.11. The summed E-state index contributed by atoms with van der Waals surface area (Å²) in [5, 5.41) is 1.69. The Morgan fingerprint density at radius 2 is 1.86 bits per heavy atom. The van der Waals surface area contributed by atoms with E-state index in [0.717, 1.165) is 16.5 Å². The van der Waals surface area contributed by atoms with E-state index in [-0.39, 0.29) is 5.97 Å². The van der Waals surface area contributed by atoms with Gasteiger partial charge in [-0.25, -0.2) is 4.79 Å². The molecule has 3 rings (SSSR count). The van der Waals surface area contributed by atoms with Crippen molar-refractivity contribution in [2.45, 2.75) is 6.54 Å². The Labute approximate surface area is 127 Å². The van der Waals surface area contributed by atoms with Gasteiger partial charge in [0.15, 0.2) is 0 Å². The molecule has 0 bridgehead atoms. The van der Waals surface area contributed by atoms with E-state index in [1.54, 1.807) is 0 Å². The summed E-state index contributed by atoms with van der Waals surface area (Å²) in [6.45, 7) is 0.525. The number of esters is 1. The van der Waals surface area contributed by atoms with Gasteiger partial charge < -0.3 is 9.30 Å². The third-order valence-corrected chi connectivity index (χ3v) is 3.86. The number of hydrogen-bond acceptors (Lipinski definition) is 2. The second-order valence-corrected chi connectivity index (χ2v) is 5.16. The summed E-state index contributed by atoms with van der Waals surface area (Å²) in [5.41, 5.74) is 2.47. The summed E-state index contributed by atoms with van der Waals surface area (Å²) in [6, 6.07) is 17.3. The van der Waals surface area contributed by atoms with Gasteiger partial charge in [0.25, 0.3) is 0 Å². The molecule has 0 unspecified atom stereocenters. The molecule has 0 aliphatic rings. The average molecular weight is 300 g/mol. The number of carbonyl (C=O) groups excluding carboxylic acids is 1. The largest absolute Gasteiger partial charge is 0.464 e. The van der Waals surface area contributed by atoms with E-state index >= 15 is 0 Å². The lowest BCUT2D eigenvalue weighted by molar-refractivity contribution is 0.0589. The quantitative estimate of drug-likeness (QED) is 0.681. The maximum Gasteiger partial charge on any atom is 0.354 e. The van der Waals surface area contributed by atoms with Gasteiger partial charge in [-0.15, -0.1) is 0 Å². The number of benzene rings is 2. The summed E-state index contributed by atoms with van der Waals surface area (Å²) in [5.74, 6) is -0.349. The number of methoxy groups -OCH3 is 1. The van der Waals surface area contributed by atoms with Crippen LogP contribution in [0.15, 0.2) is 54.6 Å². The standard InChI is InChI=1S/C17H14ClNO2/c1-21-17(20)16-10-12-6-3-5-9-15(12)19(16)11-13-7-2-4-8-14(13)18/h2-10H,11H2,1H3. The van der Waals surface area contributed by atoms with E-state index in [0.29, 0.717) is 17.3 Å². The fraction of sp³-hybridized carbons (Fsp3) is 0.118. The SMILES string of the molecule is COC(=O)c1cc2ccccc2n1Cc1ccccc1Cl. The molecule has 0 fully saturated rings. The van der Waals surface area contributed by atoms with Crippen LogP contribution in [0.2, 0.25) is 5.02 Å². The Bertz CT molecular complexity index is 807. The molecule has 0 N–H and O–H groups in total. The number of aromatic nitrogens is 1. The number of rotatable bonds is 3. The fourth-order valence-corrected chi connectivity index (χ4v) is 2.65. The average Bonchev–Trinajstić information content (AvgIpc) is 2.88. The number of fused-ring (bicyclic) bond motifs is 1. The first-order valence-electron chi connectivity index (χ1n) is 6.60. The normalized spacial score (nSPS) is 10.8. The van der Waals surface area contributed by atoms with Gasteiger partial charge in [0.1, 0.15) is 5.69 Å². The van der Waals surface area contributed by atoms with Crippen molar-refractivity contribution in [3.8, 4) is 0 Å². The van der Waals surface area contributed by atoms with Gasteiger partial charge in [0, 0.05) is 22.5 Å². The second kappa shape index (κ2) is 5.62. The highest BCUT2D eigenvalue weighted by atomic mass is 35.5. The highest BCUT2D eigenvalue weighted by Gasteiger charge is 2.16.